The second kappa shape index (κ2) is 7.60. The van der Waals surface area contributed by atoms with Crippen LogP contribution in [0.2, 0.25) is 0 Å². The lowest BCUT2D eigenvalue weighted by atomic mass is 10.2. The SMILES string of the molecule is C#CCn1c(=O)c2c(nc(-c3ccc(OC)c(OC)c3)n2C)n(CCF)c1=O. The summed E-state index contributed by atoms with van der Waals surface area (Å²) in [4.78, 5) is 29.9. The van der Waals surface area contributed by atoms with Crippen LogP contribution in [0.3, 0.4) is 0 Å². The number of methoxy groups -OCH3 is 2. The highest BCUT2D eigenvalue weighted by Crippen LogP contribution is 2.32. The summed E-state index contributed by atoms with van der Waals surface area (Å²) in [5.41, 5.74) is -0.361. The van der Waals surface area contributed by atoms with Crippen molar-refractivity contribution in [2.24, 2.45) is 7.05 Å². The lowest BCUT2D eigenvalue weighted by molar-refractivity contribution is 0.355. The van der Waals surface area contributed by atoms with Crippen LogP contribution in [0.1, 0.15) is 0 Å². The van der Waals surface area contributed by atoms with E-state index < -0.39 is 17.9 Å². The van der Waals surface area contributed by atoms with Gasteiger partial charge >= 0.3 is 5.69 Å². The fraction of sp³-hybridized carbons (Fsp3) is 0.316. The zero-order valence-electron chi connectivity index (χ0n) is 15.7. The first-order chi connectivity index (χ1) is 13.5. The van der Waals surface area contributed by atoms with Crippen molar-refractivity contribution in [2.45, 2.75) is 13.1 Å². The Hall–Kier alpha value is -3.54. The van der Waals surface area contributed by atoms with Crippen molar-refractivity contribution in [2.75, 3.05) is 20.9 Å². The zero-order valence-corrected chi connectivity index (χ0v) is 15.7. The van der Waals surface area contributed by atoms with Crippen LogP contribution in [0.5, 0.6) is 11.5 Å². The summed E-state index contributed by atoms with van der Waals surface area (Å²) in [6.45, 7) is -1.23. The topological polar surface area (TPSA) is 80.3 Å². The third kappa shape index (κ3) is 2.93. The summed E-state index contributed by atoms with van der Waals surface area (Å²) in [7, 11) is 4.68. The van der Waals surface area contributed by atoms with Gasteiger partial charge in [-0.15, -0.1) is 6.42 Å². The van der Waals surface area contributed by atoms with Crippen molar-refractivity contribution < 1.29 is 13.9 Å². The number of imidazole rings is 1. The molecule has 0 aliphatic heterocycles. The highest BCUT2D eigenvalue weighted by Gasteiger charge is 2.21. The molecular weight excluding hydrogens is 367 g/mol. The minimum atomic E-state index is -0.786. The maximum absolute atomic E-state index is 13.1. The van der Waals surface area contributed by atoms with Gasteiger partial charge in [-0.25, -0.2) is 18.7 Å². The van der Waals surface area contributed by atoms with Gasteiger partial charge in [0.1, 0.15) is 12.5 Å². The van der Waals surface area contributed by atoms with Crippen LogP contribution in [0.4, 0.5) is 4.39 Å². The van der Waals surface area contributed by atoms with Gasteiger partial charge in [-0.05, 0) is 18.2 Å². The average Bonchev–Trinajstić information content (AvgIpc) is 3.05. The molecule has 0 atom stereocenters. The highest BCUT2D eigenvalue weighted by atomic mass is 19.1. The fourth-order valence-electron chi connectivity index (χ4n) is 3.11. The standard InChI is InChI=1S/C19H19FN4O4/c1-5-9-24-18(25)15-17(23(10-8-20)19(24)26)21-16(22(15)2)12-6-7-13(27-3)14(11-12)28-4/h1,6-7,11H,8-10H2,2-4H3. The number of benzene rings is 1. The number of aromatic nitrogens is 4. The van der Waals surface area contributed by atoms with Gasteiger partial charge in [0.2, 0.25) is 0 Å². The van der Waals surface area contributed by atoms with E-state index in [2.05, 4.69) is 10.9 Å². The molecule has 0 aliphatic rings. The lowest BCUT2D eigenvalue weighted by Gasteiger charge is -2.09. The predicted molar refractivity (Wildman–Crippen MR) is 103 cm³/mol. The van der Waals surface area contributed by atoms with Crippen molar-refractivity contribution in [1.29, 1.82) is 0 Å². The molecule has 0 aliphatic carbocycles. The smallest absolute Gasteiger partial charge is 0.333 e. The molecule has 0 amide bonds. The minimum absolute atomic E-state index is 0.105. The van der Waals surface area contributed by atoms with Gasteiger partial charge in [-0.1, -0.05) is 5.92 Å². The number of fused-ring (bicyclic) bond motifs is 1. The minimum Gasteiger partial charge on any atom is -0.493 e. The molecular formula is C19H19FN4O4. The maximum atomic E-state index is 13.1. The number of ether oxygens (including phenoxy) is 2. The Morgan fingerprint density at radius 1 is 1.18 bits per heavy atom. The quantitative estimate of drug-likeness (QED) is 0.595. The molecule has 0 bridgehead atoms. The third-order valence-electron chi connectivity index (χ3n) is 4.44. The Morgan fingerprint density at radius 3 is 2.50 bits per heavy atom. The number of alkyl halides is 1. The normalized spacial score (nSPS) is 10.8. The maximum Gasteiger partial charge on any atom is 0.333 e. The van der Waals surface area contributed by atoms with Crippen LogP contribution in [0.15, 0.2) is 27.8 Å². The molecule has 9 heteroatoms. The molecule has 0 saturated heterocycles. The Labute approximate surface area is 159 Å². The number of halogens is 1. The van der Waals surface area contributed by atoms with Crippen LogP contribution in [-0.2, 0) is 20.1 Å². The first-order valence-corrected chi connectivity index (χ1v) is 8.40. The fourth-order valence-corrected chi connectivity index (χ4v) is 3.11. The molecule has 8 nitrogen and oxygen atoms in total. The molecule has 28 heavy (non-hydrogen) atoms. The molecule has 146 valence electrons. The second-order valence-corrected chi connectivity index (χ2v) is 5.96. The van der Waals surface area contributed by atoms with E-state index in [0.29, 0.717) is 22.9 Å². The van der Waals surface area contributed by atoms with Crippen molar-refractivity contribution >= 4 is 11.2 Å². The summed E-state index contributed by atoms with van der Waals surface area (Å²) in [5.74, 6) is 3.72. The van der Waals surface area contributed by atoms with Crippen LogP contribution < -0.4 is 20.7 Å². The number of aryl methyl sites for hydroxylation is 2. The molecule has 2 aromatic heterocycles. The summed E-state index contributed by atoms with van der Waals surface area (Å²) < 4.78 is 27.2. The molecule has 2 heterocycles. The Balaban J connectivity index is 2.36. The zero-order chi connectivity index (χ0) is 20.4. The number of hydrogen-bond donors (Lipinski definition) is 0. The van der Waals surface area contributed by atoms with Gasteiger partial charge in [0.05, 0.1) is 27.3 Å². The van der Waals surface area contributed by atoms with Crippen LogP contribution >= 0.6 is 0 Å². The Bertz CT molecular complexity index is 1200. The average molecular weight is 386 g/mol. The van der Waals surface area contributed by atoms with E-state index in [0.717, 1.165) is 9.13 Å². The number of hydrogen-bond acceptors (Lipinski definition) is 5. The molecule has 0 radical (unpaired) electrons. The van der Waals surface area contributed by atoms with Gasteiger partial charge in [0, 0.05) is 12.6 Å². The molecule has 3 aromatic rings. The van der Waals surface area contributed by atoms with Crippen molar-refractivity contribution in [3.63, 3.8) is 0 Å². The third-order valence-corrected chi connectivity index (χ3v) is 4.44. The molecule has 0 saturated carbocycles. The molecule has 0 spiro atoms. The lowest BCUT2D eigenvalue weighted by Crippen LogP contribution is -2.40. The number of rotatable bonds is 6. The van der Waals surface area contributed by atoms with Gasteiger partial charge in [-0.3, -0.25) is 9.36 Å². The predicted octanol–water partition coefficient (Wildman–Crippen LogP) is 1.18. The number of nitrogens with zero attached hydrogens (tertiary/aromatic N) is 4. The monoisotopic (exact) mass is 386 g/mol. The van der Waals surface area contributed by atoms with Gasteiger partial charge in [0.25, 0.3) is 5.56 Å². The van der Waals surface area contributed by atoms with Gasteiger partial charge in [0.15, 0.2) is 22.7 Å². The van der Waals surface area contributed by atoms with Crippen molar-refractivity contribution in [1.82, 2.24) is 18.7 Å². The molecule has 0 unspecified atom stereocenters. The first-order valence-electron chi connectivity index (χ1n) is 8.40. The van der Waals surface area contributed by atoms with E-state index in [-0.39, 0.29) is 24.3 Å². The van der Waals surface area contributed by atoms with E-state index in [1.165, 1.54) is 14.2 Å². The van der Waals surface area contributed by atoms with E-state index in [4.69, 9.17) is 15.9 Å². The molecule has 3 rings (SSSR count). The van der Waals surface area contributed by atoms with E-state index in [1.54, 1.807) is 29.8 Å². The Morgan fingerprint density at radius 2 is 1.89 bits per heavy atom. The first kappa shape index (κ1) is 19.2. The molecule has 0 N–H and O–H groups in total. The molecule has 0 fully saturated rings. The van der Waals surface area contributed by atoms with E-state index in [1.807, 2.05) is 0 Å². The molecule has 1 aromatic carbocycles. The van der Waals surface area contributed by atoms with Gasteiger partial charge in [-0.2, -0.15) is 0 Å². The van der Waals surface area contributed by atoms with Gasteiger partial charge < -0.3 is 14.0 Å². The Kier molecular flexibility index (Phi) is 5.22. The summed E-state index contributed by atoms with van der Waals surface area (Å²) in [5, 5.41) is 0. The second-order valence-electron chi connectivity index (χ2n) is 5.96. The van der Waals surface area contributed by atoms with E-state index >= 15 is 0 Å². The summed E-state index contributed by atoms with van der Waals surface area (Å²) in [6, 6.07) is 5.16. The largest absolute Gasteiger partial charge is 0.493 e. The van der Waals surface area contributed by atoms with E-state index in [9.17, 15) is 14.0 Å². The van der Waals surface area contributed by atoms with Crippen molar-refractivity contribution in [3.05, 3.63) is 39.0 Å². The summed E-state index contributed by atoms with van der Waals surface area (Å²) in [6.07, 6.45) is 5.28. The highest BCUT2D eigenvalue weighted by molar-refractivity contribution is 5.77. The van der Waals surface area contributed by atoms with Crippen LogP contribution in [0.25, 0.3) is 22.6 Å². The van der Waals surface area contributed by atoms with Crippen LogP contribution in [-0.4, -0.2) is 39.6 Å². The summed E-state index contributed by atoms with van der Waals surface area (Å²) >= 11 is 0. The number of terminal acetylenes is 1. The van der Waals surface area contributed by atoms with Crippen molar-refractivity contribution in [3.8, 4) is 35.2 Å². The van der Waals surface area contributed by atoms with Crippen LogP contribution in [0, 0.1) is 12.3 Å².